The molecule has 2 bridgehead atoms. The second-order valence-electron chi connectivity index (χ2n) is 10.6. The average molecular weight is 542 g/mol. The molecule has 11 nitrogen and oxygen atoms in total. The molecule has 1 amide bonds. The summed E-state index contributed by atoms with van der Waals surface area (Å²) in [6.45, 7) is 6.46. The first kappa shape index (κ1) is 25.4. The highest BCUT2D eigenvalue weighted by atomic mass is 19.1. The van der Waals surface area contributed by atoms with Crippen LogP contribution < -0.4 is 10.1 Å². The number of amides is 1. The second kappa shape index (κ2) is 9.70. The van der Waals surface area contributed by atoms with Gasteiger partial charge in [-0.2, -0.15) is 14.5 Å². The number of nitrogens with one attached hydrogen (secondary N) is 1. The zero-order valence-corrected chi connectivity index (χ0v) is 21.8. The van der Waals surface area contributed by atoms with Crippen LogP contribution in [0.5, 0.6) is 5.88 Å². The van der Waals surface area contributed by atoms with E-state index in [0.29, 0.717) is 18.8 Å². The molecule has 3 aliphatic rings. The van der Waals surface area contributed by atoms with Crippen molar-refractivity contribution in [1.29, 1.82) is 0 Å². The molecule has 6 rings (SSSR count). The highest BCUT2D eigenvalue weighted by Gasteiger charge is 2.51. The average Bonchev–Trinajstić information content (AvgIpc) is 3.37. The third kappa shape index (κ3) is 4.98. The molecule has 39 heavy (non-hydrogen) atoms. The Kier molecular flexibility index (Phi) is 6.32. The summed E-state index contributed by atoms with van der Waals surface area (Å²) in [5, 5.41) is 6.66. The number of hydrogen-bond donors (Lipinski definition) is 1. The monoisotopic (exact) mass is 541 g/mol. The lowest BCUT2D eigenvalue weighted by molar-refractivity contribution is -0.181. The van der Waals surface area contributed by atoms with Crippen LogP contribution >= 0.6 is 0 Å². The van der Waals surface area contributed by atoms with E-state index in [-0.39, 0.29) is 53.1 Å². The molecule has 1 aliphatic carbocycles. The molecule has 1 saturated carbocycles. The molecule has 0 radical (unpaired) electrons. The summed E-state index contributed by atoms with van der Waals surface area (Å²) < 4.78 is 49.7. The number of benzene rings is 1. The van der Waals surface area contributed by atoms with Crippen molar-refractivity contribution in [2.75, 3.05) is 18.4 Å². The van der Waals surface area contributed by atoms with Gasteiger partial charge in [-0.15, -0.1) is 0 Å². The van der Waals surface area contributed by atoms with E-state index in [1.165, 1.54) is 29.5 Å². The van der Waals surface area contributed by atoms with Gasteiger partial charge in [0.25, 0.3) is 5.88 Å². The van der Waals surface area contributed by atoms with Gasteiger partial charge in [0.15, 0.2) is 5.82 Å². The Hall–Kier alpha value is -3.87. The van der Waals surface area contributed by atoms with Crippen LogP contribution in [0, 0.1) is 23.5 Å². The standard InChI is InChI=1S/C26H29F2N7O4/c1-14-17-9-34(25(36)39-26(3)6-7-26)10-18(15(2)37-14)22(17)38-24-21(28)23(30-12-31-24)33-20-5-4-16(8-19(20)27)35-13-29-11-32-35/h4-5,8,11-15,17-18,22H,6-7,9-10H2,1-3H3,(H,30,31,33). The van der Waals surface area contributed by atoms with E-state index in [4.69, 9.17) is 14.2 Å². The van der Waals surface area contributed by atoms with Crippen LogP contribution in [-0.4, -0.2) is 72.7 Å². The van der Waals surface area contributed by atoms with Gasteiger partial charge < -0.3 is 24.4 Å². The Morgan fingerprint density at radius 3 is 2.51 bits per heavy atom. The number of fused-ring (bicyclic) bond motifs is 2. The molecule has 3 aromatic rings. The predicted molar refractivity (Wildman–Crippen MR) is 134 cm³/mol. The number of nitrogens with zero attached hydrogens (tertiary/aromatic N) is 6. The first-order chi connectivity index (χ1) is 18.7. The van der Waals surface area contributed by atoms with Crippen molar-refractivity contribution in [2.45, 2.75) is 57.5 Å². The molecule has 3 fully saturated rings. The Balaban J connectivity index is 1.20. The number of ether oxygens (including phenoxy) is 3. The zero-order chi connectivity index (χ0) is 27.3. The highest BCUT2D eigenvalue weighted by Crippen LogP contribution is 2.42. The molecule has 2 aromatic heterocycles. The van der Waals surface area contributed by atoms with Gasteiger partial charge in [-0.25, -0.2) is 23.8 Å². The maximum absolute atomic E-state index is 15.5. The quantitative estimate of drug-likeness (QED) is 0.496. The lowest BCUT2D eigenvalue weighted by Gasteiger charge is -2.51. The summed E-state index contributed by atoms with van der Waals surface area (Å²) in [4.78, 5) is 26.4. The van der Waals surface area contributed by atoms with Crippen molar-refractivity contribution in [2.24, 2.45) is 11.8 Å². The fourth-order valence-corrected chi connectivity index (χ4v) is 5.23. The third-order valence-corrected chi connectivity index (χ3v) is 7.78. The van der Waals surface area contributed by atoms with E-state index in [2.05, 4.69) is 25.4 Å². The maximum atomic E-state index is 15.5. The smallest absolute Gasteiger partial charge is 0.410 e. The summed E-state index contributed by atoms with van der Waals surface area (Å²) in [6.07, 6.45) is 4.38. The fraction of sp³-hybridized carbons (Fsp3) is 0.500. The van der Waals surface area contributed by atoms with Crippen molar-refractivity contribution in [3.05, 3.63) is 48.8 Å². The number of carbonyl (C=O) groups excluding carboxylic acids is 1. The van der Waals surface area contributed by atoms with Gasteiger partial charge in [-0.1, -0.05) is 0 Å². The van der Waals surface area contributed by atoms with Crippen LogP contribution in [-0.2, 0) is 9.47 Å². The number of hydrogen-bond acceptors (Lipinski definition) is 9. The molecule has 4 heterocycles. The van der Waals surface area contributed by atoms with Crippen LogP contribution in [0.15, 0.2) is 37.2 Å². The Morgan fingerprint density at radius 1 is 1.13 bits per heavy atom. The summed E-state index contributed by atoms with van der Waals surface area (Å²) in [5.41, 5.74) is 0.101. The van der Waals surface area contributed by atoms with Crippen molar-refractivity contribution < 1.29 is 27.8 Å². The minimum atomic E-state index is -0.847. The molecule has 2 aliphatic heterocycles. The van der Waals surface area contributed by atoms with E-state index in [0.717, 1.165) is 19.2 Å². The minimum absolute atomic E-state index is 0.0195. The second-order valence-corrected chi connectivity index (χ2v) is 10.6. The molecule has 4 unspecified atom stereocenters. The number of rotatable bonds is 6. The first-order valence-corrected chi connectivity index (χ1v) is 12.9. The zero-order valence-electron chi connectivity index (χ0n) is 21.8. The van der Waals surface area contributed by atoms with Crippen LogP contribution in [0.25, 0.3) is 5.69 Å². The molecular weight excluding hydrogens is 512 g/mol. The third-order valence-electron chi connectivity index (χ3n) is 7.78. The molecule has 0 spiro atoms. The molecule has 2 saturated heterocycles. The van der Waals surface area contributed by atoms with Crippen LogP contribution in [0.2, 0.25) is 0 Å². The summed E-state index contributed by atoms with van der Waals surface area (Å²) in [5.74, 6) is -2.42. The van der Waals surface area contributed by atoms with Gasteiger partial charge in [0, 0.05) is 31.0 Å². The number of likely N-dealkylation sites (tertiary alicyclic amines) is 1. The van der Waals surface area contributed by atoms with Gasteiger partial charge in [0.1, 0.15) is 36.5 Å². The van der Waals surface area contributed by atoms with E-state index >= 15 is 4.39 Å². The van der Waals surface area contributed by atoms with Crippen LogP contribution in [0.3, 0.4) is 0 Å². The first-order valence-electron chi connectivity index (χ1n) is 12.9. The van der Waals surface area contributed by atoms with Gasteiger partial charge in [-0.3, -0.25) is 0 Å². The van der Waals surface area contributed by atoms with E-state index in [1.807, 2.05) is 20.8 Å². The largest absolute Gasteiger partial charge is 0.471 e. The van der Waals surface area contributed by atoms with Gasteiger partial charge in [-0.05, 0) is 45.7 Å². The van der Waals surface area contributed by atoms with Crippen molar-refractivity contribution >= 4 is 17.6 Å². The van der Waals surface area contributed by atoms with E-state index in [1.54, 1.807) is 11.0 Å². The minimum Gasteiger partial charge on any atom is -0.471 e. The van der Waals surface area contributed by atoms with Crippen LogP contribution in [0.1, 0.15) is 33.6 Å². The normalized spacial score (nSPS) is 27.1. The van der Waals surface area contributed by atoms with Crippen molar-refractivity contribution in [3.63, 3.8) is 0 Å². The van der Waals surface area contributed by atoms with E-state index in [9.17, 15) is 9.18 Å². The summed E-state index contributed by atoms with van der Waals surface area (Å²) in [7, 11) is 0. The van der Waals surface area contributed by atoms with Crippen molar-refractivity contribution in [1.82, 2.24) is 29.6 Å². The van der Waals surface area contributed by atoms with Crippen LogP contribution in [0.4, 0.5) is 25.1 Å². The Labute approximate surface area is 223 Å². The van der Waals surface area contributed by atoms with Gasteiger partial charge in [0.05, 0.1) is 23.6 Å². The number of halogens is 2. The number of anilines is 2. The molecule has 1 N–H and O–H groups in total. The van der Waals surface area contributed by atoms with E-state index < -0.39 is 17.7 Å². The maximum Gasteiger partial charge on any atom is 0.410 e. The SMILES string of the molecule is CC1OC(C)C2CN(C(=O)OC3(C)CC3)CC1C2Oc1ncnc(Nc2ccc(-n3cncn3)cc2F)c1F. The molecule has 13 heteroatoms. The summed E-state index contributed by atoms with van der Waals surface area (Å²) in [6, 6.07) is 4.32. The molecule has 1 aromatic carbocycles. The van der Waals surface area contributed by atoms with Crippen molar-refractivity contribution in [3.8, 4) is 11.6 Å². The Morgan fingerprint density at radius 2 is 1.87 bits per heavy atom. The van der Waals surface area contributed by atoms with Gasteiger partial charge >= 0.3 is 6.09 Å². The molecular formula is C26H29F2N7O4. The van der Waals surface area contributed by atoms with Gasteiger partial charge in [0.2, 0.25) is 5.82 Å². The number of aromatic nitrogens is 5. The fourth-order valence-electron chi connectivity index (χ4n) is 5.23. The Bertz CT molecular complexity index is 1350. The number of piperidine rings is 1. The molecule has 206 valence electrons. The lowest BCUT2D eigenvalue weighted by Crippen LogP contribution is -2.63. The number of carbonyl (C=O) groups is 1. The summed E-state index contributed by atoms with van der Waals surface area (Å²) >= 11 is 0. The highest BCUT2D eigenvalue weighted by molar-refractivity contribution is 5.69. The molecule has 4 atom stereocenters. The topological polar surface area (TPSA) is 117 Å². The predicted octanol–water partition coefficient (Wildman–Crippen LogP) is 3.87. The lowest BCUT2D eigenvalue weighted by atomic mass is 9.77.